The molecule has 5 nitrogen and oxygen atoms in total. The lowest BCUT2D eigenvalue weighted by Gasteiger charge is -2.06. The molecule has 102 valence electrons. The van der Waals surface area contributed by atoms with Crippen molar-refractivity contribution >= 4 is 17.3 Å². The largest absolute Gasteiger partial charge is 0.508 e. The Kier molecular flexibility index (Phi) is 4.00. The topological polar surface area (TPSA) is 81.9 Å². The molecule has 0 aliphatic carbocycles. The van der Waals surface area contributed by atoms with E-state index in [4.69, 9.17) is 5.21 Å². The molecule has 0 aliphatic heterocycles. The van der Waals surface area contributed by atoms with E-state index in [2.05, 4.69) is 10.5 Å². The number of nitrogens with zero attached hydrogens (tertiary/aromatic N) is 1. The zero-order chi connectivity index (χ0) is 14.5. The predicted molar refractivity (Wildman–Crippen MR) is 76.5 cm³/mol. The molecular weight excluding hydrogens is 256 g/mol. The molecule has 0 aliphatic rings. The highest BCUT2D eigenvalue weighted by Crippen LogP contribution is 2.14. The van der Waals surface area contributed by atoms with Gasteiger partial charge in [0, 0.05) is 11.3 Å². The third-order valence-corrected chi connectivity index (χ3v) is 2.84. The maximum atomic E-state index is 11.9. The van der Waals surface area contributed by atoms with Crippen LogP contribution in [0, 0.1) is 0 Å². The number of carbonyl (C=O) groups is 1. The summed E-state index contributed by atoms with van der Waals surface area (Å²) in [5.74, 6) is -0.144. The number of aromatic hydroxyl groups is 1. The van der Waals surface area contributed by atoms with Gasteiger partial charge in [0.25, 0.3) is 5.91 Å². The normalized spacial score (nSPS) is 11.2. The van der Waals surface area contributed by atoms with Gasteiger partial charge in [-0.3, -0.25) is 4.79 Å². The Hall–Kier alpha value is -2.82. The number of hydrogen-bond acceptors (Lipinski definition) is 4. The summed E-state index contributed by atoms with van der Waals surface area (Å²) in [6.07, 6.45) is 0. The van der Waals surface area contributed by atoms with Crippen LogP contribution in [0.5, 0.6) is 5.75 Å². The van der Waals surface area contributed by atoms with Gasteiger partial charge in [0.15, 0.2) is 0 Å². The molecular formula is C15H14N2O3. The van der Waals surface area contributed by atoms with Gasteiger partial charge in [0.2, 0.25) is 0 Å². The molecule has 2 aromatic rings. The van der Waals surface area contributed by atoms with Crippen LogP contribution in [-0.4, -0.2) is 21.9 Å². The molecule has 0 fully saturated rings. The van der Waals surface area contributed by atoms with Crippen LogP contribution >= 0.6 is 0 Å². The number of phenols is 1. The highest BCUT2D eigenvalue weighted by atomic mass is 16.4. The van der Waals surface area contributed by atoms with E-state index in [9.17, 15) is 9.90 Å². The first-order valence-electron chi connectivity index (χ1n) is 5.99. The van der Waals surface area contributed by atoms with Crippen LogP contribution in [-0.2, 0) is 0 Å². The molecule has 0 radical (unpaired) electrons. The first-order chi connectivity index (χ1) is 9.60. The first kappa shape index (κ1) is 13.6. The van der Waals surface area contributed by atoms with Crippen LogP contribution < -0.4 is 5.32 Å². The molecule has 3 N–H and O–H groups in total. The van der Waals surface area contributed by atoms with E-state index in [1.807, 2.05) is 0 Å². The highest BCUT2D eigenvalue weighted by molar-refractivity contribution is 6.04. The summed E-state index contributed by atoms with van der Waals surface area (Å²) >= 11 is 0. The summed E-state index contributed by atoms with van der Waals surface area (Å²) in [6, 6.07) is 13.0. The minimum Gasteiger partial charge on any atom is -0.508 e. The average Bonchev–Trinajstić information content (AvgIpc) is 2.48. The predicted octanol–water partition coefficient (Wildman–Crippen LogP) is 2.84. The fourth-order valence-corrected chi connectivity index (χ4v) is 1.67. The lowest BCUT2D eigenvalue weighted by atomic mass is 10.1. The smallest absolute Gasteiger partial charge is 0.255 e. The summed E-state index contributed by atoms with van der Waals surface area (Å²) in [5.41, 5.74) is 2.37. The van der Waals surface area contributed by atoms with Gasteiger partial charge >= 0.3 is 0 Å². The van der Waals surface area contributed by atoms with Crippen LogP contribution in [0.1, 0.15) is 22.8 Å². The summed E-state index contributed by atoms with van der Waals surface area (Å²) in [7, 11) is 0. The Morgan fingerprint density at radius 3 is 2.10 bits per heavy atom. The van der Waals surface area contributed by atoms with Crippen molar-refractivity contribution in [2.24, 2.45) is 5.16 Å². The standard InChI is InChI=1S/C15H14N2O3/c1-10(17-20)11-2-6-13(7-3-11)16-15(19)12-4-8-14(18)9-5-12/h2-9,18,20H,1H3,(H,16,19)/b17-10+. The number of anilines is 1. The van der Waals surface area contributed by atoms with Gasteiger partial charge in [-0.05, 0) is 48.9 Å². The van der Waals surface area contributed by atoms with Crippen molar-refractivity contribution in [2.45, 2.75) is 6.92 Å². The van der Waals surface area contributed by atoms with E-state index in [0.29, 0.717) is 17.0 Å². The SMILES string of the molecule is C/C(=N\O)c1ccc(NC(=O)c2ccc(O)cc2)cc1. The molecule has 2 rings (SSSR count). The van der Waals surface area contributed by atoms with E-state index in [1.165, 1.54) is 12.1 Å². The van der Waals surface area contributed by atoms with Crippen molar-refractivity contribution in [2.75, 3.05) is 5.32 Å². The highest BCUT2D eigenvalue weighted by Gasteiger charge is 2.06. The Labute approximate surface area is 116 Å². The zero-order valence-electron chi connectivity index (χ0n) is 10.9. The molecule has 20 heavy (non-hydrogen) atoms. The van der Waals surface area contributed by atoms with E-state index >= 15 is 0 Å². The molecule has 0 unspecified atom stereocenters. The third-order valence-electron chi connectivity index (χ3n) is 2.84. The fourth-order valence-electron chi connectivity index (χ4n) is 1.67. The Balaban J connectivity index is 2.10. The van der Waals surface area contributed by atoms with Crippen molar-refractivity contribution in [1.82, 2.24) is 0 Å². The van der Waals surface area contributed by atoms with Crippen molar-refractivity contribution < 1.29 is 15.1 Å². The van der Waals surface area contributed by atoms with Gasteiger partial charge in [0.1, 0.15) is 5.75 Å². The number of amides is 1. The average molecular weight is 270 g/mol. The number of hydrogen-bond donors (Lipinski definition) is 3. The van der Waals surface area contributed by atoms with Gasteiger partial charge in [-0.2, -0.15) is 0 Å². The number of rotatable bonds is 3. The molecule has 0 saturated heterocycles. The molecule has 0 saturated carbocycles. The van der Waals surface area contributed by atoms with Gasteiger partial charge in [-0.25, -0.2) is 0 Å². The zero-order valence-corrected chi connectivity index (χ0v) is 10.9. The van der Waals surface area contributed by atoms with Crippen LogP contribution in [0.2, 0.25) is 0 Å². The summed E-state index contributed by atoms with van der Waals surface area (Å²) < 4.78 is 0. The van der Waals surface area contributed by atoms with Gasteiger partial charge < -0.3 is 15.6 Å². The summed E-state index contributed by atoms with van der Waals surface area (Å²) in [4.78, 5) is 11.9. The number of nitrogens with one attached hydrogen (secondary N) is 1. The third kappa shape index (κ3) is 3.14. The minimum atomic E-state index is -0.259. The summed E-state index contributed by atoms with van der Waals surface area (Å²) in [6.45, 7) is 1.68. The van der Waals surface area contributed by atoms with E-state index in [0.717, 1.165) is 5.56 Å². The van der Waals surface area contributed by atoms with Crippen molar-refractivity contribution in [3.8, 4) is 5.75 Å². The van der Waals surface area contributed by atoms with Crippen molar-refractivity contribution in [1.29, 1.82) is 0 Å². The first-order valence-corrected chi connectivity index (χ1v) is 5.99. The van der Waals surface area contributed by atoms with Gasteiger partial charge in [0.05, 0.1) is 5.71 Å². The molecule has 2 aromatic carbocycles. The molecule has 1 amide bonds. The number of phenolic OH excluding ortho intramolecular Hbond substituents is 1. The van der Waals surface area contributed by atoms with Crippen molar-refractivity contribution in [3.63, 3.8) is 0 Å². The fraction of sp³-hybridized carbons (Fsp3) is 0.0667. The van der Waals surface area contributed by atoms with E-state index < -0.39 is 0 Å². The van der Waals surface area contributed by atoms with E-state index in [1.54, 1.807) is 43.3 Å². The van der Waals surface area contributed by atoms with Crippen LogP contribution in [0.4, 0.5) is 5.69 Å². The second kappa shape index (κ2) is 5.88. The molecule has 0 spiro atoms. The van der Waals surface area contributed by atoms with Crippen LogP contribution in [0.15, 0.2) is 53.7 Å². The van der Waals surface area contributed by atoms with Gasteiger partial charge in [-0.15, -0.1) is 0 Å². The van der Waals surface area contributed by atoms with Crippen molar-refractivity contribution in [3.05, 3.63) is 59.7 Å². The monoisotopic (exact) mass is 270 g/mol. The quantitative estimate of drug-likeness (QED) is 0.455. The number of carbonyl (C=O) groups excluding carboxylic acids is 1. The Morgan fingerprint density at radius 2 is 1.55 bits per heavy atom. The molecule has 0 aromatic heterocycles. The Bertz CT molecular complexity index is 631. The lowest BCUT2D eigenvalue weighted by molar-refractivity contribution is 0.102. The minimum absolute atomic E-state index is 0.115. The van der Waals surface area contributed by atoms with Gasteiger partial charge in [-0.1, -0.05) is 17.3 Å². The second-order valence-electron chi connectivity index (χ2n) is 4.26. The molecule has 0 heterocycles. The number of oxime groups is 1. The second-order valence-corrected chi connectivity index (χ2v) is 4.26. The van der Waals surface area contributed by atoms with Crippen LogP contribution in [0.3, 0.4) is 0 Å². The van der Waals surface area contributed by atoms with E-state index in [-0.39, 0.29) is 11.7 Å². The number of benzene rings is 2. The summed E-state index contributed by atoms with van der Waals surface area (Å²) in [5, 5.41) is 23.7. The van der Waals surface area contributed by atoms with Crippen LogP contribution in [0.25, 0.3) is 0 Å². The maximum Gasteiger partial charge on any atom is 0.255 e. The Morgan fingerprint density at radius 1 is 1.00 bits per heavy atom. The maximum absolute atomic E-state index is 11.9. The molecule has 0 atom stereocenters. The molecule has 5 heteroatoms. The lowest BCUT2D eigenvalue weighted by Crippen LogP contribution is -2.11. The molecule has 0 bridgehead atoms.